The van der Waals surface area contributed by atoms with Gasteiger partial charge in [-0.3, -0.25) is 18.9 Å². The third kappa shape index (κ3) is 4.06. The van der Waals surface area contributed by atoms with Gasteiger partial charge in [0.25, 0.3) is 5.56 Å². The average Bonchev–Trinajstić information content (AvgIpc) is 2.57. The van der Waals surface area contributed by atoms with E-state index in [1.165, 1.54) is 6.92 Å². The molecule has 1 aromatic heterocycles. The van der Waals surface area contributed by atoms with Crippen LogP contribution in [0.3, 0.4) is 0 Å². The van der Waals surface area contributed by atoms with Gasteiger partial charge in [-0.05, 0) is 6.92 Å². The Hall–Kier alpha value is -0.900. The summed E-state index contributed by atoms with van der Waals surface area (Å²) in [7, 11) is -5.12. The number of H-pyrrole nitrogens is 1. The lowest BCUT2D eigenvalue weighted by atomic mass is 10.4. The monoisotopic (exact) mass is 347 g/mol. The highest BCUT2D eigenvalue weighted by atomic mass is 32.2. The topological polar surface area (TPSA) is 142 Å². The molecule has 1 aliphatic rings. The molecular formula is C10H15N2O7PS. The van der Waals surface area contributed by atoms with E-state index >= 15 is 0 Å². The first-order valence-electron chi connectivity index (χ1n) is 7.94. The molecule has 4 N–H and O–H groups in total. The zero-order chi connectivity index (χ0) is 20.3. The van der Waals surface area contributed by atoms with Crippen molar-refractivity contribution in [1.82, 2.24) is 9.55 Å². The summed E-state index contributed by atoms with van der Waals surface area (Å²) in [6.07, 6.45) is -5.87. The number of nitrogens with zero attached hydrogens (tertiary/aromatic N) is 1. The normalized spacial score (nSPS) is 42.6. The van der Waals surface area contributed by atoms with E-state index in [4.69, 9.17) is 16.6 Å². The molecule has 118 valence electrons. The predicted molar refractivity (Wildman–Crippen MR) is 75.1 cm³/mol. The molecule has 0 radical (unpaired) electrons. The quantitative estimate of drug-likeness (QED) is 0.414. The first kappa shape index (κ1) is 10.8. The summed E-state index contributed by atoms with van der Waals surface area (Å²) >= 11 is -0.0549. The maximum absolute atomic E-state index is 12.1. The maximum Gasteiger partial charge on any atom is 0.469 e. The van der Waals surface area contributed by atoms with Crippen molar-refractivity contribution >= 4 is 19.6 Å². The number of thioether (sulfide) groups is 1. The maximum atomic E-state index is 12.1. The van der Waals surface area contributed by atoms with Crippen molar-refractivity contribution in [3.63, 3.8) is 0 Å². The number of aromatic amines is 1. The largest absolute Gasteiger partial charge is 0.469 e. The number of hydrogen-bond acceptors (Lipinski definition) is 6. The van der Waals surface area contributed by atoms with Crippen molar-refractivity contribution < 1.29 is 30.8 Å². The summed E-state index contributed by atoms with van der Waals surface area (Å²) < 4.78 is 55.7. The van der Waals surface area contributed by atoms with Crippen LogP contribution in [-0.4, -0.2) is 42.4 Å². The molecule has 3 atom stereocenters. The molecule has 1 saturated heterocycles. The van der Waals surface area contributed by atoms with Crippen LogP contribution in [0.25, 0.3) is 0 Å². The van der Waals surface area contributed by atoms with Crippen LogP contribution in [0, 0.1) is 6.92 Å². The molecule has 0 amide bonds. The van der Waals surface area contributed by atoms with Gasteiger partial charge in [-0.1, -0.05) is 0 Å². The Morgan fingerprint density at radius 2 is 2.33 bits per heavy atom. The third-order valence-electron chi connectivity index (χ3n) is 2.41. The van der Waals surface area contributed by atoms with Crippen LogP contribution >= 0.6 is 19.6 Å². The number of hydrogen-bond donors (Lipinski definition) is 4. The molecule has 0 aliphatic carbocycles. The van der Waals surface area contributed by atoms with E-state index in [2.05, 4.69) is 4.52 Å². The lowest BCUT2D eigenvalue weighted by molar-refractivity contribution is 0.128. The van der Waals surface area contributed by atoms with Crippen molar-refractivity contribution in [1.29, 1.82) is 0 Å². The van der Waals surface area contributed by atoms with Gasteiger partial charge >= 0.3 is 13.5 Å². The average molecular weight is 347 g/mol. The number of phosphoric ester groups is 1. The van der Waals surface area contributed by atoms with Crippen molar-refractivity contribution in [2.45, 2.75) is 30.0 Å². The Bertz CT molecular complexity index is 900. The molecule has 0 spiro atoms. The smallest absolute Gasteiger partial charge is 0.392 e. The molecule has 2 rings (SSSR count). The summed E-state index contributed by atoms with van der Waals surface area (Å²) in [5.74, 6) is 0. The molecule has 1 aliphatic heterocycles. The van der Waals surface area contributed by atoms with Gasteiger partial charge in [-0.2, -0.15) is 0 Å². The van der Waals surface area contributed by atoms with Gasteiger partial charge in [-0.25, -0.2) is 9.36 Å². The second-order valence-electron chi connectivity index (χ2n) is 4.01. The van der Waals surface area contributed by atoms with E-state index in [-0.39, 0.29) is 17.3 Å². The highest BCUT2D eigenvalue weighted by Gasteiger charge is 2.36. The minimum absolute atomic E-state index is 0.0549. The first-order chi connectivity index (χ1) is 11.5. The van der Waals surface area contributed by atoms with Crippen LogP contribution in [-0.2, 0) is 9.09 Å². The highest BCUT2D eigenvalue weighted by Crippen LogP contribution is 2.44. The van der Waals surface area contributed by atoms with Crippen LogP contribution < -0.4 is 11.2 Å². The first-order valence-corrected chi connectivity index (χ1v) is 7.79. The Balaban J connectivity index is 2.64. The zero-order valence-corrected chi connectivity index (χ0v) is 12.3. The van der Waals surface area contributed by atoms with Crippen molar-refractivity contribution in [2.75, 3.05) is 6.61 Å². The Kier molecular flexibility index (Phi) is 3.11. The molecule has 1 unspecified atom stereocenters. The van der Waals surface area contributed by atoms with Crippen LogP contribution in [0.4, 0.5) is 0 Å². The minimum Gasteiger partial charge on any atom is -0.392 e. The van der Waals surface area contributed by atoms with Gasteiger partial charge in [0.1, 0.15) is 0 Å². The van der Waals surface area contributed by atoms with Crippen LogP contribution in [0.2, 0.25) is 0 Å². The summed E-state index contributed by atoms with van der Waals surface area (Å²) in [5, 5.41) is 4.68. The second kappa shape index (κ2) is 6.07. The molecule has 1 aromatic rings. The Morgan fingerprint density at radius 1 is 1.67 bits per heavy atom. The van der Waals surface area contributed by atoms with Gasteiger partial charge in [0.2, 0.25) is 0 Å². The fourth-order valence-corrected chi connectivity index (χ4v) is 2.69. The summed E-state index contributed by atoms with van der Waals surface area (Å²) in [4.78, 5) is 42.9. The second-order valence-corrected chi connectivity index (χ2v) is 6.33. The molecule has 0 bridgehead atoms. The van der Waals surface area contributed by atoms with E-state index < -0.39 is 48.7 Å². The summed E-state index contributed by atoms with van der Waals surface area (Å²) in [6, 6.07) is 0. The van der Waals surface area contributed by atoms with Gasteiger partial charge in [0.15, 0.2) is 0 Å². The minimum atomic E-state index is -5.12. The number of nitrogens with one attached hydrogen (secondary N) is 1. The molecule has 2 heterocycles. The van der Waals surface area contributed by atoms with Gasteiger partial charge in [0.05, 0.1) is 26.0 Å². The zero-order valence-electron chi connectivity index (χ0n) is 15.6. The van der Waals surface area contributed by atoms with Crippen molar-refractivity contribution in [3.05, 3.63) is 32.6 Å². The summed E-state index contributed by atoms with van der Waals surface area (Å²) in [6.45, 7) is -0.0375. The number of phosphoric acid groups is 1. The van der Waals surface area contributed by atoms with E-state index in [1.807, 2.05) is 4.98 Å². The SMILES string of the molecule is [2H][13C]1(O)[13C]([2H])([2H])[13C@]([2H])(n2cc(C)c(=O)[nH]c2=O)S[13C@]1([2H])COP(=O)(O)O. The van der Waals surface area contributed by atoms with Gasteiger partial charge in [0, 0.05) is 22.2 Å². The summed E-state index contributed by atoms with van der Waals surface area (Å²) in [5.41, 5.74) is -2.08. The molecule has 1 fully saturated rings. The van der Waals surface area contributed by atoms with Crippen LogP contribution in [0.1, 0.15) is 24.1 Å². The fourth-order valence-electron chi connectivity index (χ4n) is 1.43. The van der Waals surface area contributed by atoms with E-state index in [0.29, 0.717) is 4.57 Å². The predicted octanol–water partition coefficient (Wildman–Crippen LogP) is -0.681. The molecule has 0 saturated carbocycles. The van der Waals surface area contributed by atoms with E-state index in [1.54, 1.807) is 0 Å². The third-order valence-corrected chi connectivity index (χ3v) is 3.93. The molecule has 0 aromatic carbocycles. The van der Waals surface area contributed by atoms with E-state index in [9.17, 15) is 19.3 Å². The molecule has 21 heavy (non-hydrogen) atoms. The lowest BCUT2D eigenvalue weighted by Gasteiger charge is -2.15. The number of rotatable bonds is 4. The Morgan fingerprint density at radius 3 is 2.95 bits per heavy atom. The standard InChI is InChI=1S/C10H15N2O7PS/c1-5-3-12(10(15)11-9(5)14)8-2-6(13)7(21-8)4-19-20(16,17)18/h3,6-8,13H,2,4H2,1H3,(H,11,14,15)(H2,16,17,18)/t6?,7-,8-/m1/s1/i2+1D2,6+1D,7+1D,8+1D. The highest BCUT2D eigenvalue weighted by molar-refractivity contribution is 8.00. The van der Waals surface area contributed by atoms with E-state index in [0.717, 1.165) is 6.20 Å². The van der Waals surface area contributed by atoms with Gasteiger partial charge in [-0.15, -0.1) is 11.8 Å². The van der Waals surface area contributed by atoms with Gasteiger partial charge < -0.3 is 14.9 Å². The number of aliphatic hydroxyl groups is 1. The number of aryl methyl sites for hydroxylation is 1. The molecular weight excluding hydrogens is 327 g/mol. The lowest BCUT2D eigenvalue weighted by Crippen LogP contribution is -2.32. The molecule has 11 heteroatoms. The van der Waals surface area contributed by atoms with Crippen molar-refractivity contribution in [2.24, 2.45) is 0 Å². The van der Waals surface area contributed by atoms with Crippen LogP contribution in [0.5, 0.6) is 0 Å². The van der Waals surface area contributed by atoms with Crippen LogP contribution in [0.15, 0.2) is 15.8 Å². The number of aromatic nitrogens is 2. The fraction of sp³-hybridized carbons (Fsp3) is 0.600. The Labute approximate surface area is 130 Å². The van der Waals surface area contributed by atoms with Crippen molar-refractivity contribution in [3.8, 4) is 0 Å². The molecule has 9 nitrogen and oxygen atoms in total.